The van der Waals surface area contributed by atoms with Crippen molar-refractivity contribution in [2.75, 3.05) is 0 Å². The number of nitrogens with two attached hydrogens (primary N) is 1. The Balaban J connectivity index is 1.89. The predicted octanol–water partition coefficient (Wildman–Crippen LogP) is 3.04. The molecule has 1 aliphatic carbocycles. The average Bonchev–Trinajstić information content (AvgIpc) is 2.39. The smallest absolute Gasteiger partial charge is 0.189 e. The van der Waals surface area contributed by atoms with E-state index in [9.17, 15) is 0 Å². The molecule has 2 rings (SSSR count). The maximum Gasteiger partial charge on any atom is 0.189 e. The highest BCUT2D eigenvalue weighted by molar-refractivity contribution is 5.78. The number of aryl methyl sites for hydroxylation is 2. The second-order valence-corrected chi connectivity index (χ2v) is 5.61. The van der Waals surface area contributed by atoms with Gasteiger partial charge < -0.3 is 11.1 Å². The minimum atomic E-state index is 0.525. The van der Waals surface area contributed by atoms with Crippen LogP contribution in [-0.4, -0.2) is 12.0 Å². The maximum atomic E-state index is 5.97. The Hall–Kier alpha value is -1.51. The van der Waals surface area contributed by atoms with Crippen molar-refractivity contribution in [1.29, 1.82) is 0 Å². The van der Waals surface area contributed by atoms with Gasteiger partial charge in [0.1, 0.15) is 0 Å². The van der Waals surface area contributed by atoms with Gasteiger partial charge in [-0.25, -0.2) is 4.99 Å². The molecule has 0 spiro atoms. The summed E-state index contributed by atoms with van der Waals surface area (Å²) in [6, 6.07) is 6.98. The van der Waals surface area contributed by atoms with Gasteiger partial charge in [-0.3, -0.25) is 0 Å². The van der Waals surface area contributed by atoms with Crippen molar-refractivity contribution in [3.63, 3.8) is 0 Å². The fraction of sp³-hybridized carbons (Fsp3) is 0.562. The first-order chi connectivity index (χ1) is 9.15. The van der Waals surface area contributed by atoms with Crippen molar-refractivity contribution < 1.29 is 0 Å². The van der Waals surface area contributed by atoms with Crippen LogP contribution in [0.4, 0.5) is 0 Å². The molecule has 3 nitrogen and oxygen atoms in total. The highest BCUT2D eigenvalue weighted by Gasteiger charge is 2.13. The highest BCUT2D eigenvalue weighted by atomic mass is 15.1. The quantitative estimate of drug-likeness (QED) is 0.647. The number of hydrogen-bond donors (Lipinski definition) is 2. The molecule has 19 heavy (non-hydrogen) atoms. The zero-order valence-corrected chi connectivity index (χ0v) is 12.1. The summed E-state index contributed by atoms with van der Waals surface area (Å²) in [6.45, 7) is 4.90. The van der Waals surface area contributed by atoms with Crippen molar-refractivity contribution in [2.24, 2.45) is 10.7 Å². The van der Waals surface area contributed by atoms with Gasteiger partial charge in [-0.2, -0.15) is 0 Å². The molecule has 0 aliphatic heterocycles. The van der Waals surface area contributed by atoms with Gasteiger partial charge in [0.2, 0.25) is 0 Å². The standard InChI is InChI=1S/C16H25N3/c1-12-8-9-14(13(2)10-12)11-18-16(17)19-15-6-4-3-5-7-15/h8-10,15H,3-7,11H2,1-2H3,(H3,17,18,19). The summed E-state index contributed by atoms with van der Waals surface area (Å²) in [5.41, 5.74) is 9.80. The molecule has 1 fully saturated rings. The Morgan fingerprint density at radius 1 is 1.26 bits per heavy atom. The van der Waals surface area contributed by atoms with E-state index in [4.69, 9.17) is 5.73 Å². The van der Waals surface area contributed by atoms with E-state index in [1.54, 1.807) is 0 Å². The first-order valence-corrected chi connectivity index (χ1v) is 7.28. The summed E-state index contributed by atoms with van der Waals surface area (Å²) in [5.74, 6) is 0.590. The maximum absolute atomic E-state index is 5.97. The molecule has 1 aromatic carbocycles. The van der Waals surface area contributed by atoms with Gasteiger partial charge in [0, 0.05) is 6.04 Å². The molecule has 0 aromatic heterocycles. The normalized spacial score (nSPS) is 17.5. The average molecular weight is 259 g/mol. The molecule has 3 heteroatoms. The largest absolute Gasteiger partial charge is 0.370 e. The number of aliphatic imine (C=N–C) groups is 1. The Morgan fingerprint density at radius 2 is 2.00 bits per heavy atom. The van der Waals surface area contributed by atoms with Crippen LogP contribution in [0.15, 0.2) is 23.2 Å². The van der Waals surface area contributed by atoms with E-state index in [0.717, 1.165) is 0 Å². The summed E-state index contributed by atoms with van der Waals surface area (Å²) in [4.78, 5) is 4.46. The SMILES string of the molecule is Cc1ccc(CN=C(N)NC2CCCCC2)c(C)c1. The second-order valence-electron chi connectivity index (χ2n) is 5.61. The summed E-state index contributed by atoms with van der Waals surface area (Å²) >= 11 is 0. The lowest BCUT2D eigenvalue weighted by Crippen LogP contribution is -2.41. The van der Waals surface area contributed by atoms with Crippen LogP contribution >= 0.6 is 0 Å². The third-order valence-corrected chi connectivity index (χ3v) is 3.88. The molecule has 1 aromatic rings. The lowest BCUT2D eigenvalue weighted by atomic mass is 9.96. The Morgan fingerprint density at radius 3 is 2.68 bits per heavy atom. The van der Waals surface area contributed by atoms with Crippen molar-refractivity contribution in [2.45, 2.75) is 58.5 Å². The second kappa shape index (κ2) is 6.60. The third-order valence-electron chi connectivity index (χ3n) is 3.88. The monoisotopic (exact) mass is 259 g/mol. The van der Waals surface area contributed by atoms with Crippen molar-refractivity contribution >= 4 is 5.96 Å². The van der Waals surface area contributed by atoms with E-state index >= 15 is 0 Å². The lowest BCUT2D eigenvalue weighted by Gasteiger charge is -2.23. The van der Waals surface area contributed by atoms with Crippen molar-refractivity contribution in [1.82, 2.24) is 5.32 Å². The first-order valence-electron chi connectivity index (χ1n) is 7.28. The molecule has 0 unspecified atom stereocenters. The molecule has 0 bridgehead atoms. The molecule has 0 saturated heterocycles. The zero-order chi connectivity index (χ0) is 13.7. The lowest BCUT2D eigenvalue weighted by molar-refractivity contribution is 0.412. The van der Waals surface area contributed by atoms with Gasteiger partial charge in [-0.15, -0.1) is 0 Å². The van der Waals surface area contributed by atoms with Crippen LogP contribution in [0.3, 0.4) is 0 Å². The minimum absolute atomic E-state index is 0.525. The molecular weight excluding hydrogens is 234 g/mol. The van der Waals surface area contributed by atoms with Crippen LogP contribution in [0.1, 0.15) is 48.8 Å². The van der Waals surface area contributed by atoms with Crippen molar-refractivity contribution in [3.8, 4) is 0 Å². The molecule has 104 valence electrons. The van der Waals surface area contributed by atoms with E-state index in [-0.39, 0.29) is 0 Å². The number of guanidine groups is 1. The molecule has 1 aliphatic rings. The van der Waals surface area contributed by atoms with E-state index in [2.05, 4.69) is 42.4 Å². The van der Waals surface area contributed by atoms with E-state index < -0.39 is 0 Å². The van der Waals surface area contributed by atoms with E-state index in [1.165, 1.54) is 48.8 Å². The van der Waals surface area contributed by atoms with Gasteiger partial charge in [0.25, 0.3) is 0 Å². The number of nitrogens with zero attached hydrogens (tertiary/aromatic N) is 1. The van der Waals surface area contributed by atoms with Crippen LogP contribution < -0.4 is 11.1 Å². The number of hydrogen-bond acceptors (Lipinski definition) is 1. The van der Waals surface area contributed by atoms with Crippen LogP contribution in [0, 0.1) is 13.8 Å². The fourth-order valence-electron chi connectivity index (χ4n) is 2.70. The predicted molar refractivity (Wildman–Crippen MR) is 81.3 cm³/mol. The fourth-order valence-corrected chi connectivity index (χ4v) is 2.70. The number of nitrogens with one attached hydrogen (secondary N) is 1. The van der Waals surface area contributed by atoms with Gasteiger partial charge in [-0.1, -0.05) is 43.0 Å². The zero-order valence-electron chi connectivity index (χ0n) is 12.1. The summed E-state index contributed by atoms with van der Waals surface area (Å²) < 4.78 is 0. The van der Waals surface area contributed by atoms with Crippen LogP contribution in [-0.2, 0) is 6.54 Å². The Labute approximate surface area is 116 Å². The van der Waals surface area contributed by atoms with Gasteiger partial charge in [0.15, 0.2) is 5.96 Å². The van der Waals surface area contributed by atoms with Gasteiger partial charge in [0.05, 0.1) is 6.54 Å². The van der Waals surface area contributed by atoms with Gasteiger partial charge in [-0.05, 0) is 37.8 Å². The molecular formula is C16H25N3. The van der Waals surface area contributed by atoms with Crippen LogP contribution in [0.2, 0.25) is 0 Å². The molecule has 0 radical (unpaired) electrons. The highest BCUT2D eigenvalue weighted by Crippen LogP contribution is 2.17. The molecule has 3 N–H and O–H groups in total. The van der Waals surface area contributed by atoms with Crippen molar-refractivity contribution in [3.05, 3.63) is 34.9 Å². The summed E-state index contributed by atoms with van der Waals surface area (Å²) in [5, 5.41) is 3.35. The Bertz CT molecular complexity index is 445. The summed E-state index contributed by atoms with van der Waals surface area (Å²) in [7, 11) is 0. The summed E-state index contributed by atoms with van der Waals surface area (Å²) in [6.07, 6.45) is 6.42. The third kappa shape index (κ3) is 4.27. The molecule has 0 atom stereocenters. The number of benzene rings is 1. The van der Waals surface area contributed by atoms with E-state index in [1.807, 2.05) is 0 Å². The first kappa shape index (κ1) is 13.9. The molecule has 1 saturated carbocycles. The van der Waals surface area contributed by atoms with E-state index in [0.29, 0.717) is 18.5 Å². The molecule has 0 amide bonds. The number of rotatable bonds is 3. The van der Waals surface area contributed by atoms with Crippen LogP contribution in [0.25, 0.3) is 0 Å². The molecule has 0 heterocycles. The van der Waals surface area contributed by atoms with Gasteiger partial charge >= 0.3 is 0 Å². The topological polar surface area (TPSA) is 50.4 Å². The van der Waals surface area contributed by atoms with Crippen LogP contribution in [0.5, 0.6) is 0 Å². The Kier molecular flexibility index (Phi) is 4.83. The minimum Gasteiger partial charge on any atom is -0.370 e.